The lowest BCUT2D eigenvalue weighted by Gasteiger charge is -2.15. The Kier molecular flexibility index (Phi) is 3.27. The molecule has 0 saturated carbocycles. The number of nitrogen functional groups attached to an aromatic ring is 1. The fraction of sp³-hybridized carbons (Fsp3) is 0.400. The van der Waals surface area contributed by atoms with Crippen molar-refractivity contribution in [3.8, 4) is 17.0 Å². The minimum atomic E-state index is 0.709. The molecule has 4 nitrogen and oxygen atoms in total. The summed E-state index contributed by atoms with van der Waals surface area (Å²) in [6, 6.07) is 2.12. The van der Waals surface area contributed by atoms with Crippen molar-refractivity contribution in [1.29, 1.82) is 0 Å². The number of aryl methyl sites for hydroxylation is 2. The minimum absolute atomic E-state index is 0.709. The summed E-state index contributed by atoms with van der Waals surface area (Å²) in [7, 11) is 3.57. The summed E-state index contributed by atoms with van der Waals surface area (Å²) < 4.78 is 7.18. The predicted molar refractivity (Wildman–Crippen MR) is 78.6 cm³/mol. The Bertz CT molecular complexity index is 642. The molecule has 2 aromatic rings. The van der Waals surface area contributed by atoms with Crippen LogP contribution in [0.4, 0.5) is 5.82 Å². The van der Waals surface area contributed by atoms with Crippen LogP contribution in [0.15, 0.2) is 6.07 Å². The summed E-state index contributed by atoms with van der Waals surface area (Å²) in [5.41, 5.74) is 12.5. The molecule has 0 aliphatic heterocycles. The molecule has 0 atom stereocenters. The van der Waals surface area contributed by atoms with Crippen LogP contribution in [0.1, 0.15) is 22.3 Å². The molecule has 1 heterocycles. The molecule has 1 aromatic heterocycles. The van der Waals surface area contributed by atoms with Crippen LogP contribution in [0.2, 0.25) is 0 Å². The van der Waals surface area contributed by atoms with Gasteiger partial charge in [-0.3, -0.25) is 4.68 Å². The highest BCUT2D eigenvalue weighted by molar-refractivity contribution is 5.74. The van der Waals surface area contributed by atoms with Crippen molar-refractivity contribution >= 4 is 5.82 Å². The Hall–Kier alpha value is -1.97. The van der Waals surface area contributed by atoms with Crippen molar-refractivity contribution in [2.24, 2.45) is 7.05 Å². The second kappa shape index (κ2) is 4.61. The van der Waals surface area contributed by atoms with E-state index < -0.39 is 0 Å². The van der Waals surface area contributed by atoms with Crippen molar-refractivity contribution in [2.75, 3.05) is 12.8 Å². The Morgan fingerprint density at radius 2 is 1.74 bits per heavy atom. The van der Waals surface area contributed by atoms with Crippen molar-refractivity contribution in [1.82, 2.24) is 9.78 Å². The molecular weight excluding hydrogens is 238 g/mol. The molecule has 0 fully saturated rings. The van der Waals surface area contributed by atoms with E-state index in [1.807, 2.05) is 14.0 Å². The van der Waals surface area contributed by atoms with Gasteiger partial charge in [0.1, 0.15) is 11.6 Å². The number of nitrogens with two attached hydrogens (primary N) is 1. The molecule has 2 N–H and O–H groups in total. The number of hydrogen-bond donors (Lipinski definition) is 1. The number of nitrogens with zero attached hydrogens (tertiary/aromatic N) is 2. The van der Waals surface area contributed by atoms with Crippen LogP contribution in [0, 0.1) is 27.7 Å². The summed E-state index contributed by atoms with van der Waals surface area (Å²) in [5, 5.41) is 4.53. The summed E-state index contributed by atoms with van der Waals surface area (Å²) in [6.45, 7) is 8.23. The largest absolute Gasteiger partial charge is 0.496 e. The normalized spacial score (nSPS) is 10.8. The second-order valence-corrected chi connectivity index (χ2v) is 5.01. The average molecular weight is 259 g/mol. The van der Waals surface area contributed by atoms with Crippen LogP contribution in [0.25, 0.3) is 11.3 Å². The van der Waals surface area contributed by atoms with E-state index in [9.17, 15) is 0 Å². The zero-order valence-electron chi connectivity index (χ0n) is 12.5. The van der Waals surface area contributed by atoms with Crippen LogP contribution in [0.3, 0.4) is 0 Å². The Labute approximate surface area is 114 Å². The van der Waals surface area contributed by atoms with Gasteiger partial charge in [-0.25, -0.2) is 0 Å². The first kappa shape index (κ1) is 13.5. The minimum Gasteiger partial charge on any atom is -0.496 e. The van der Waals surface area contributed by atoms with Gasteiger partial charge in [-0.2, -0.15) is 5.10 Å². The molecule has 1 aromatic carbocycles. The van der Waals surface area contributed by atoms with Gasteiger partial charge in [0.25, 0.3) is 0 Å². The van der Waals surface area contributed by atoms with E-state index in [0.717, 1.165) is 33.7 Å². The van der Waals surface area contributed by atoms with Crippen molar-refractivity contribution in [3.05, 3.63) is 28.3 Å². The number of aromatic nitrogens is 2. The maximum Gasteiger partial charge on any atom is 0.124 e. The van der Waals surface area contributed by atoms with Gasteiger partial charge >= 0.3 is 0 Å². The Morgan fingerprint density at radius 3 is 2.21 bits per heavy atom. The van der Waals surface area contributed by atoms with Crippen LogP contribution in [-0.4, -0.2) is 16.9 Å². The highest BCUT2D eigenvalue weighted by Gasteiger charge is 2.17. The first-order valence-electron chi connectivity index (χ1n) is 6.32. The Morgan fingerprint density at radius 1 is 1.11 bits per heavy atom. The van der Waals surface area contributed by atoms with Crippen molar-refractivity contribution < 1.29 is 4.74 Å². The molecule has 0 radical (unpaired) electrons. The molecule has 0 spiro atoms. The second-order valence-electron chi connectivity index (χ2n) is 5.01. The van der Waals surface area contributed by atoms with E-state index in [1.54, 1.807) is 11.8 Å². The van der Waals surface area contributed by atoms with E-state index in [1.165, 1.54) is 5.56 Å². The maximum atomic E-state index is 6.00. The zero-order valence-corrected chi connectivity index (χ0v) is 12.5. The lowest BCUT2D eigenvalue weighted by molar-refractivity contribution is 0.408. The highest BCUT2D eigenvalue weighted by atomic mass is 16.5. The summed E-state index contributed by atoms with van der Waals surface area (Å²) in [4.78, 5) is 0. The van der Waals surface area contributed by atoms with E-state index in [4.69, 9.17) is 10.5 Å². The number of methoxy groups -OCH3 is 1. The van der Waals surface area contributed by atoms with Gasteiger partial charge in [0.2, 0.25) is 0 Å². The smallest absolute Gasteiger partial charge is 0.124 e. The molecule has 0 aliphatic carbocycles. The Balaban J connectivity index is 2.73. The molecule has 0 saturated heterocycles. The predicted octanol–water partition coefficient (Wildman–Crippen LogP) is 2.91. The molecule has 0 aliphatic rings. The SMILES string of the molecule is COc1c(C)cc(-c2nn(C)c(N)c2C)c(C)c1C. The van der Waals surface area contributed by atoms with E-state index in [2.05, 4.69) is 31.9 Å². The van der Waals surface area contributed by atoms with Crippen LogP contribution >= 0.6 is 0 Å². The number of benzene rings is 1. The van der Waals surface area contributed by atoms with Gasteiger partial charge in [-0.1, -0.05) is 0 Å². The molecule has 102 valence electrons. The van der Waals surface area contributed by atoms with Gasteiger partial charge in [-0.15, -0.1) is 0 Å². The van der Waals surface area contributed by atoms with E-state index in [0.29, 0.717) is 5.82 Å². The number of anilines is 1. The number of ether oxygens (including phenoxy) is 1. The third-order valence-corrected chi connectivity index (χ3v) is 3.82. The van der Waals surface area contributed by atoms with Crippen LogP contribution < -0.4 is 10.5 Å². The highest BCUT2D eigenvalue weighted by Crippen LogP contribution is 2.35. The molecule has 4 heteroatoms. The fourth-order valence-corrected chi connectivity index (χ4v) is 2.52. The van der Waals surface area contributed by atoms with E-state index >= 15 is 0 Å². The molecule has 2 rings (SSSR count). The third-order valence-electron chi connectivity index (χ3n) is 3.82. The number of rotatable bonds is 2. The molecule has 0 bridgehead atoms. The zero-order chi connectivity index (χ0) is 14.3. The third kappa shape index (κ3) is 1.97. The monoisotopic (exact) mass is 259 g/mol. The maximum absolute atomic E-state index is 6.00. The molecular formula is C15H21N3O. The van der Waals surface area contributed by atoms with Gasteiger partial charge < -0.3 is 10.5 Å². The lowest BCUT2D eigenvalue weighted by atomic mass is 9.95. The average Bonchev–Trinajstić information content (AvgIpc) is 2.62. The van der Waals surface area contributed by atoms with Crippen LogP contribution in [0.5, 0.6) is 5.75 Å². The van der Waals surface area contributed by atoms with E-state index in [-0.39, 0.29) is 0 Å². The van der Waals surface area contributed by atoms with Crippen molar-refractivity contribution in [3.63, 3.8) is 0 Å². The van der Waals surface area contributed by atoms with Crippen molar-refractivity contribution in [2.45, 2.75) is 27.7 Å². The molecule has 0 amide bonds. The van der Waals surface area contributed by atoms with Gasteiger partial charge in [-0.05, 0) is 50.5 Å². The quantitative estimate of drug-likeness (QED) is 0.902. The topological polar surface area (TPSA) is 53.1 Å². The van der Waals surface area contributed by atoms with Gasteiger partial charge in [0.05, 0.1) is 12.8 Å². The molecule has 0 unspecified atom stereocenters. The standard InChI is InChI=1S/C15H21N3O/c1-8-7-12(9(2)10(3)14(8)19-6)13-11(4)15(16)18(5)17-13/h7H,16H2,1-6H3. The lowest BCUT2D eigenvalue weighted by Crippen LogP contribution is -1.98. The summed E-state index contributed by atoms with van der Waals surface area (Å²) in [5.74, 6) is 1.66. The summed E-state index contributed by atoms with van der Waals surface area (Å²) in [6.07, 6.45) is 0. The summed E-state index contributed by atoms with van der Waals surface area (Å²) >= 11 is 0. The van der Waals surface area contributed by atoms with Crippen LogP contribution in [-0.2, 0) is 7.05 Å². The molecule has 19 heavy (non-hydrogen) atoms. The first-order valence-corrected chi connectivity index (χ1v) is 6.32. The van der Waals surface area contributed by atoms with Gasteiger partial charge in [0, 0.05) is 18.2 Å². The number of hydrogen-bond acceptors (Lipinski definition) is 3. The van der Waals surface area contributed by atoms with Gasteiger partial charge in [0.15, 0.2) is 0 Å². The first-order chi connectivity index (χ1) is 8.88. The fourth-order valence-electron chi connectivity index (χ4n) is 2.52.